The van der Waals surface area contributed by atoms with E-state index in [2.05, 4.69) is 10.3 Å². The first-order valence-corrected chi connectivity index (χ1v) is 8.54. The third-order valence-corrected chi connectivity index (χ3v) is 4.14. The van der Waals surface area contributed by atoms with Crippen LogP contribution in [-0.4, -0.2) is 27.9 Å². The van der Waals surface area contributed by atoms with E-state index in [1.165, 1.54) is 0 Å². The van der Waals surface area contributed by atoms with Crippen molar-refractivity contribution in [3.8, 4) is 5.75 Å². The van der Waals surface area contributed by atoms with E-state index in [9.17, 15) is 4.79 Å². The average Bonchev–Trinajstić information content (AvgIpc) is 3.00. The van der Waals surface area contributed by atoms with Crippen molar-refractivity contribution < 1.29 is 9.53 Å². The van der Waals surface area contributed by atoms with E-state index in [0.29, 0.717) is 23.7 Å². The van der Waals surface area contributed by atoms with E-state index in [4.69, 9.17) is 16.3 Å². The number of hydrogen-bond donors (Lipinski definition) is 1. The number of aryl methyl sites for hydroxylation is 1. The number of halogens is 1. The maximum atomic E-state index is 12.2. The van der Waals surface area contributed by atoms with Crippen LogP contribution in [0, 0.1) is 6.92 Å². The zero-order valence-electron chi connectivity index (χ0n) is 14.2. The summed E-state index contributed by atoms with van der Waals surface area (Å²) in [6, 6.07) is 11.2. The summed E-state index contributed by atoms with van der Waals surface area (Å²) in [6.07, 6.45) is 4.01. The van der Waals surface area contributed by atoms with Crippen LogP contribution in [0.2, 0.25) is 5.02 Å². The van der Waals surface area contributed by atoms with Gasteiger partial charge in [0.1, 0.15) is 11.4 Å². The Bertz CT molecular complexity index is 858. The molecule has 0 aliphatic carbocycles. The van der Waals surface area contributed by atoms with E-state index in [1.807, 2.05) is 48.0 Å². The molecule has 1 amide bonds. The molecule has 25 heavy (non-hydrogen) atoms. The third-order valence-electron chi connectivity index (χ3n) is 3.90. The number of hydrogen-bond acceptors (Lipinski definition) is 3. The number of ether oxygens (including phenoxy) is 1. The summed E-state index contributed by atoms with van der Waals surface area (Å²) in [5.41, 5.74) is 2.74. The second-order valence-electron chi connectivity index (χ2n) is 5.91. The molecule has 0 aliphatic rings. The minimum atomic E-state index is -0.582. The second kappa shape index (κ2) is 7.57. The molecule has 3 aromatic rings. The molecule has 0 radical (unpaired) electrons. The number of rotatable bonds is 6. The highest BCUT2D eigenvalue weighted by Crippen LogP contribution is 2.22. The minimum absolute atomic E-state index is 0.155. The van der Waals surface area contributed by atoms with Gasteiger partial charge in [-0.15, -0.1) is 0 Å². The first-order valence-electron chi connectivity index (χ1n) is 8.16. The van der Waals surface area contributed by atoms with Crippen molar-refractivity contribution in [1.82, 2.24) is 14.7 Å². The fourth-order valence-electron chi connectivity index (χ4n) is 2.55. The molecule has 3 rings (SSSR count). The lowest BCUT2D eigenvalue weighted by Crippen LogP contribution is -2.37. The Hall–Kier alpha value is -2.53. The van der Waals surface area contributed by atoms with Gasteiger partial charge in [-0.25, -0.2) is 4.98 Å². The van der Waals surface area contributed by atoms with Crippen LogP contribution in [-0.2, 0) is 11.2 Å². The molecule has 130 valence electrons. The SMILES string of the molecule is Cc1cc(Cl)ccc1OC(C)C(=O)NCCc1cn2ccccc2n1. The number of nitrogens with one attached hydrogen (secondary N) is 1. The molecule has 0 saturated carbocycles. The standard InChI is InChI=1S/C19H20ClN3O2/c1-13-11-15(20)6-7-17(13)25-14(2)19(24)21-9-8-16-12-23-10-4-3-5-18(23)22-16/h3-7,10-12,14H,8-9H2,1-2H3,(H,21,24). The maximum Gasteiger partial charge on any atom is 0.260 e. The number of carbonyl (C=O) groups excluding carboxylic acids is 1. The van der Waals surface area contributed by atoms with E-state index in [0.717, 1.165) is 16.9 Å². The van der Waals surface area contributed by atoms with Crippen LogP contribution in [0.1, 0.15) is 18.2 Å². The minimum Gasteiger partial charge on any atom is -0.481 e. The van der Waals surface area contributed by atoms with Gasteiger partial charge in [0.25, 0.3) is 5.91 Å². The molecule has 1 unspecified atom stereocenters. The fourth-order valence-corrected chi connectivity index (χ4v) is 2.78. The van der Waals surface area contributed by atoms with E-state index in [1.54, 1.807) is 19.1 Å². The fraction of sp³-hybridized carbons (Fsp3) is 0.263. The summed E-state index contributed by atoms with van der Waals surface area (Å²) < 4.78 is 7.69. The molecular formula is C19H20ClN3O2. The normalized spacial score (nSPS) is 12.1. The van der Waals surface area contributed by atoms with Crippen molar-refractivity contribution in [2.75, 3.05) is 6.54 Å². The van der Waals surface area contributed by atoms with Crippen LogP contribution in [0.25, 0.3) is 5.65 Å². The molecule has 6 heteroatoms. The van der Waals surface area contributed by atoms with Crippen LogP contribution in [0.3, 0.4) is 0 Å². The van der Waals surface area contributed by atoms with Crippen LogP contribution < -0.4 is 10.1 Å². The number of pyridine rings is 1. The first-order chi connectivity index (χ1) is 12.0. The molecule has 1 N–H and O–H groups in total. The highest BCUT2D eigenvalue weighted by Gasteiger charge is 2.15. The Morgan fingerprint density at radius 3 is 2.96 bits per heavy atom. The van der Waals surface area contributed by atoms with Gasteiger partial charge in [-0.1, -0.05) is 17.7 Å². The molecule has 0 bridgehead atoms. The van der Waals surface area contributed by atoms with Crippen LogP contribution in [0.15, 0.2) is 48.8 Å². The molecule has 2 aromatic heterocycles. The first kappa shape index (κ1) is 17.3. The van der Waals surface area contributed by atoms with Crippen molar-refractivity contribution in [1.29, 1.82) is 0 Å². The van der Waals surface area contributed by atoms with Crippen LogP contribution >= 0.6 is 11.6 Å². The molecule has 1 atom stereocenters. The number of nitrogens with zero attached hydrogens (tertiary/aromatic N) is 2. The zero-order chi connectivity index (χ0) is 17.8. The highest BCUT2D eigenvalue weighted by atomic mass is 35.5. The zero-order valence-corrected chi connectivity index (χ0v) is 15.0. The van der Waals surface area contributed by atoms with E-state index < -0.39 is 6.10 Å². The summed E-state index contributed by atoms with van der Waals surface area (Å²) in [4.78, 5) is 16.7. The maximum absolute atomic E-state index is 12.2. The lowest BCUT2D eigenvalue weighted by molar-refractivity contribution is -0.127. The van der Waals surface area contributed by atoms with Crippen molar-refractivity contribution in [3.63, 3.8) is 0 Å². The smallest absolute Gasteiger partial charge is 0.260 e. The van der Waals surface area contributed by atoms with Gasteiger partial charge in [0.2, 0.25) is 0 Å². The molecule has 2 heterocycles. The summed E-state index contributed by atoms with van der Waals surface area (Å²) >= 11 is 5.93. The number of aromatic nitrogens is 2. The monoisotopic (exact) mass is 357 g/mol. The van der Waals surface area contributed by atoms with Gasteiger partial charge in [-0.3, -0.25) is 4.79 Å². The third kappa shape index (κ3) is 4.31. The Labute approximate surface area is 151 Å². The quantitative estimate of drug-likeness (QED) is 0.735. The Balaban J connectivity index is 1.51. The molecule has 0 spiro atoms. The average molecular weight is 358 g/mol. The van der Waals surface area contributed by atoms with Crippen molar-refractivity contribution in [2.45, 2.75) is 26.4 Å². The molecule has 5 nitrogen and oxygen atoms in total. The molecule has 1 aromatic carbocycles. The van der Waals surface area contributed by atoms with Crippen LogP contribution in [0.5, 0.6) is 5.75 Å². The van der Waals surface area contributed by atoms with E-state index in [-0.39, 0.29) is 5.91 Å². The van der Waals surface area contributed by atoms with E-state index >= 15 is 0 Å². The predicted octanol–water partition coefficient (Wildman–Crippen LogP) is 3.42. The lowest BCUT2D eigenvalue weighted by atomic mass is 10.2. The van der Waals surface area contributed by atoms with Crippen molar-refractivity contribution in [2.24, 2.45) is 0 Å². The Kier molecular flexibility index (Phi) is 5.24. The van der Waals surface area contributed by atoms with Gasteiger partial charge in [-0.05, 0) is 49.7 Å². The summed E-state index contributed by atoms with van der Waals surface area (Å²) in [5.74, 6) is 0.505. The van der Waals surface area contributed by atoms with Gasteiger partial charge < -0.3 is 14.5 Å². The topological polar surface area (TPSA) is 55.6 Å². The van der Waals surface area contributed by atoms with Crippen LogP contribution in [0.4, 0.5) is 0 Å². The van der Waals surface area contributed by atoms with Gasteiger partial charge in [0.05, 0.1) is 5.69 Å². The van der Waals surface area contributed by atoms with Crippen molar-refractivity contribution in [3.05, 3.63) is 65.1 Å². The number of imidazole rings is 1. The Morgan fingerprint density at radius 2 is 2.20 bits per heavy atom. The highest BCUT2D eigenvalue weighted by molar-refractivity contribution is 6.30. The number of carbonyl (C=O) groups is 1. The van der Waals surface area contributed by atoms with Gasteiger partial charge in [0, 0.05) is 30.4 Å². The number of benzene rings is 1. The number of amides is 1. The molecule has 0 aliphatic heterocycles. The largest absolute Gasteiger partial charge is 0.481 e. The van der Waals surface area contributed by atoms with Gasteiger partial charge in [0.15, 0.2) is 6.10 Å². The summed E-state index contributed by atoms with van der Waals surface area (Å²) in [6.45, 7) is 4.14. The second-order valence-corrected chi connectivity index (χ2v) is 6.35. The summed E-state index contributed by atoms with van der Waals surface area (Å²) in [7, 11) is 0. The molecule has 0 fully saturated rings. The predicted molar refractivity (Wildman–Crippen MR) is 98.2 cm³/mol. The van der Waals surface area contributed by atoms with Gasteiger partial charge in [-0.2, -0.15) is 0 Å². The Morgan fingerprint density at radius 1 is 1.36 bits per heavy atom. The molecular weight excluding hydrogens is 338 g/mol. The summed E-state index contributed by atoms with van der Waals surface area (Å²) in [5, 5.41) is 3.53. The lowest BCUT2D eigenvalue weighted by Gasteiger charge is -2.16. The number of fused-ring (bicyclic) bond motifs is 1. The van der Waals surface area contributed by atoms with Gasteiger partial charge >= 0.3 is 0 Å². The van der Waals surface area contributed by atoms with Crippen molar-refractivity contribution >= 4 is 23.2 Å². The molecule has 0 saturated heterocycles.